The van der Waals surface area contributed by atoms with E-state index in [1.54, 1.807) is 12.4 Å². The molecule has 0 saturated carbocycles. The Morgan fingerprint density at radius 3 is 3.15 bits per heavy atom. The molecular weight excluding hydrogens is 186 g/mol. The average Bonchev–Trinajstić information content (AvgIpc) is 2.59. The van der Waals surface area contributed by atoms with Gasteiger partial charge in [-0.2, -0.15) is 0 Å². The van der Waals surface area contributed by atoms with E-state index in [0.717, 1.165) is 15.2 Å². The van der Waals surface area contributed by atoms with Crippen LogP contribution in [-0.4, -0.2) is 21.7 Å². The lowest BCUT2D eigenvalue weighted by atomic mass is 10.3. The van der Waals surface area contributed by atoms with Crippen molar-refractivity contribution in [1.29, 1.82) is 0 Å². The molecule has 68 valence electrons. The molecule has 2 aromatic heterocycles. The lowest BCUT2D eigenvalue weighted by molar-refractivity contribution is 0.268. The van der Waals surface area contributed by atoms with E-state index in [4.69, 9.17) is 10.8 Å². The molecule has 2 rings (SSSR count). The highest BCUT2D eigenvalue weighted by Gasteiger charge is 2.10. The summed E-state index contributed by atoms with van der Waals surface area (Å²) in [7, 11) is 0. The van der Waals surface area contributed by atoms with Crippen LogP contribution in [0.5, 0.6) is 0 Å². The molecule has 0 aliphatic heterocycles. The van der Waals surface area contributed by atoms with E-state index in [1.165, 1.54) is 11.3 Å². The predicted octanol–water partition coefficient (Wildman–Crippen LogP) is 0.683. The van der Waals surface area contributed by atoms with Gasteiger partial charge in [0.2, 0.25) is 0 Å². The Bertz CT molecular complexity index is 381. The Morgan fingerprint density at radius 1 is 1.62 bits per heavy atom. The van der Waals surface area contributed by atoms with Crippen molar-refractivity contribution < 1.29 is 5.11 Å². The third-order valence-electron chi connectivity index (χ3n) is 1.72. The molecule has 3 N–H and O–H groups in total. The van der Waals surface area contributed by atoms with Crippen molar-refractivity contribution in [3.8, 4) is 0 Å². The first-order valence-corrected chi connectivity index (χ1v) is 4.70. The number of aliphatic hydroxyl groups excluding tert-OH is 1. The van der Waals surface area contributed by atoms with Gasteiger partial charge in [-0.3, -0.25) is 4.98 Å². The second kappa shape index (κ2) is 3.37. The van der Waals surface area contributed by atoms with Gasteiger partial charge in [0, 0.05) is 12.4 Å². The van der Waals surface area contributed by atoms with Gasteiger partial charge in [-0.1, -0.05) is 0 Å². The van der Waals surface area contributed by atoms with Crippen molar-refractivity contribution in [2.45, 2.75) is 6.04 Å². The lowest BCUT2D eigenvalue weighted by Gasteiger charge is -2.00. The molecular formula is C8H9N3OS. The summed E-state index contributed by atoms with van der Waals surface area (Å²) in [5.41, 5.74) is 6.52. The van der Waals surface area contributed by atoms with E-state index in [9.17, 15) is 0 Å². The molecule has 0 radical (unpaired) electrons. The summed E-state index contributed by atoms with van der Waals surface area (Å²) in [4.78, 5) is 8.26. The number of nitrogens with zero attached hydrogens (tertiary/aromatic N) is 2. The highest BCUT2D eigenvalue weighted by Crippen LogP contribution is 2.23. The van der Waals surface area contributed by atoms with Crippen LogP contribution in [0.1, 0.15) is 11.0 Å². The van der Waals surface area contributed by atoms with Crippen LogP contribution >= 0.6 is 11.3 Å². The Balaban J connectivity index is 2.49. The van der Waals surface area contributed by atoms with Crippen LogP contribution in [0.3, 0.4) is 0 Å². The van der Waals surface area contributed by atoms with Crippen molar-refractivity contribution in [2.24, 2.45) is 5.73 Å². The quantitative estimate of drug-likeness (QED) is 0.739. The minimum atomic E-state index is -0.377. The number of pyridine rings is 1. The van der Waals surface area contributed by atoms with Gasteiger partial charge in [-0.15, -0.1) is 11.3 Å². The Labute approximate surface area is 79.1 Å². The molecule has 4 nitrogen and oxygen atoms in total. The lowest BCUT2D eigenvalue weighted by Crippen LogP contribution is -2.13. The SMILES string of the molecule is NC(CO)c1nc2ccncc2s1. The number of nitrogens with two attached hydrogens (primary N) is 1. The van der Waals surface area contributed by atoms with E-state index < -0.39 is 0 Å². The summed E-state index contributed by atoms with van der Waals surface area (Å²) in [5, 5.41) is 9.59. The fraction of sp³-hybridized carbons (Fsp3) is 0.250. The standard InChI is InChI=1S/C8H9N3OS/c9-5(4-12)8-11-6-1-2-10-3-7(6)13-8/h1-3,5,12H,4,9H2. The zero-order chi connectivity index (χ0) is 9.26. The molecule has 0 saturated heterocycles. The van der Waals surface area contributed by atoms with Crippen molar-refractivity contribution in [1.82, 2.24) is 9.97 Å². The monoisotopic (exact) mass is 195 g/mol. The van der Waals surface area contributed by atoms with Gasteiger partial charge in [0.1, 0.15) is 5.01 Å². The predicted molar refractivity (Wildman–Crippen MR) is 51.4 cm³/mol. The van der Waals surface area contributed by atoms with Gasteiger partial charge in [0.25, 0.3) is 0 Å². The zero-order valence-electron chi connectivity index (χ0n) is 6.84. The molecule has 5 heteroatoms. The third-order valence-corrected chi connectivity index (χ3v) is 2.86. The highest BCUT2D eigenvalue weighted by molar-refractivity contribution is 7.18. The molecule has 0 aliphatic rings. The summed E-state index contributed by atoms with van der Waals surface area (Å²) in [6.07, 6.45) is 3.44. The molecule has 0 fully saturated rings. The van der Waals surface area contributed by atoms with E-state index in [1.807, 2.05) is 6.07 Å². The summed E-state index contributed by atoms with van der Waals surface area (Å²) in [6, 6.07) is 1.46. The van der Waals surface area contributed by atoms with Crippen molar-refractivity contribution in [3.05, 3.63) is 23.5 Å². The van der Waals surface area contributed by atoms with Gasteiger partial charge in [-0.25, -0.2) is 4.98 Å². The second-order valence-corrected chi connectivity index (χ2v) is 3.75. The Morgan fingerprint density at radius 2 is 2.46 bits per heavy atom. The number of rotatable bonds is 2. The number of aliphatic hydroxyl groups is 1. The summed E-state index contributed by atoms with van der Waals surface area (Å²) in [6.45, 7) is -0.0761. The van der Waals surface area contributed by atoms with Gasteiger partial charge in [0.15, 0.2) is 0 Å². The van der Waals surface area contributed by atoms with Gasteiger partial charge >= 0.3 is 0 Å². The van der Waals surface area contributed by atoms with Gasteiger partial charge in [-0.05, 0) is 6.07 Å². The maximum Gasteiger partial charge on any atom is 0.113 e. The summed E-state index contributed by atoms with van der Waals surface area (Å²) >= 11 is 1.47. The normalized spacial score (nSPS) is 13.4. The second-order valence-electron chi connectivity index (χ2n) is 2.68. The van der Waals surface area contributed by atoms with Gasteiger partial charge in [0.05, 0.1) is 22.9 Å². The number of thiazole rings is 1. The van der Waals surface area contributed by atoms with E-state index in [2.05, 4.69) is 9.97 Å². The molecule has 1 unspecified atom stereocenters. The largest absolute Gasteiger partial charge is 0.394 e. The molecule has 2 aromatic rings. The topological polar surface area (TPSA) is 72.0 Å². The van der Waals surface area contributed by atoms with Crippen LogP contribution in [-0.2, 0) is 0 Å². The van der Waals surface area contributed by atoms with Crippen LogP contribution in [0.15, 0.2) is 18.5 Å². The van der Waals surface area contributed by atoms with E-state index >= 15 is 0 Å². The maximum atomic E-state index is 8.84. The molecule has 0 aliphatic carbocycles. The van der Waals surface area contributed by atoms with Crippen molar-refractivity contribution in [2.75, 3.05) is 6.61 Å². The minimum Gasteiger partial charge on any atom is -0.394 e. The minimum absolute atomic E-state index is 0.0761. The van der Waals surface area contributed by atoms with Crippen molar-refractivity contribution >= 4 is 21.6 Å². The number of aromatic nitrogens is 2. The van der Waals surface area contributed by atoms with E-state index in [0.29, 0.717) is 0 Å². The number of hydrogen-bond acceptors (Lipinski definition) is 5. The molecule has 2 heterocycles. The van der Waals surface area contributed by atoms with Crippen LogP contribution in [0.2, 0.25) is 0 Å². The smallest absolute Gasteiger partial charge is 0.113 e. The molecule has 0 amide bonds. The highest BCUT2D eigenvalue weighted by atomic mass is 32.1. The van der Waals surface area contributed by atoms with E-state index in [-0.39, 0.29) is 12.6 Å². The van der Waals surface area contributed by atoms with Crippen molar-refractivity contribution in [3.63, 3.8) is 0 Å². The first-order valence-electron chi connectivity index (χ1n) is 3.88. The number of hydrogen-bond donors (Lipinski definition) is 2. The maximum absolute atomic E-state index is 8.84. The Hall–Kier alpha value is -1.04. The third kappa shape index (κ3) is 1.53. The fourth-order valence-corrected chi connectivity index (χ4v) is 1.96. The first-order chi connectivity index (χ1) is 6.31. The van der Waals surface area contributed by atoms with Crippen LogP contribution in [0.4, 0.5) is 0 Å². The molecule has 0 spiro atoms. The van der Waals surface area contributed by atoms with Crippen LogP contribution in [0.25, 0.3) is 10.2 Å². The molecule has 0 aromatic carbocycles. The number of fused-ring (bicyclic) bond motifs is 1. The summed E-state index contributed by atoms with van der Waals surface area (Å²) in [5.74, 6) is 0. The Kier molecular flexibility index (Phi) is 2.22. The van der Waals surface area contributed by atoms with Gasteiger partial charge < -0.3 is 10.8 Å². The zero-order valence-corrected chi connectivity index (χ0v) is 7.66. The molecule has 13 heavy (non-hydrogen) atoms. The first kappa shape index (κ1) is 8.55. The molecule has 1 atom stereocenters. The molecule has 0 bridgehead atoms. The average molecular weight is 195 g/mol. The summed E-state index contributed by atoms with van der Waals surface area (Å²) < 4.78 is 1.00. The van der Waals surface area contributed by atoms with Crippen LogP contribution < -0.4 is 5.73 Å². The fourth-order valence-electron chi connectivity index (χ4n) is 1.03. The van der Waals surface area contributed by atoms with Crippen LogP contribution in [0, 0.1) is 0 Å².